The van der Waals surface area contributed by atoms with Crippen LogP contribution in [0.15, 0.2) is 24.3 Å². The van der Waals surface area contributed by atoms with E-state index in [9.17, 15) is 0 Å². The molecule has 4 aliphatic carbocycles. The molecule has 0 heterocycles. The van der Waals surface area contributed by atoms with E-state index in [1.807, 2.05) is 0 Å². The van der Waals surface area contributed by atoms with E-state index in [-0.39, 0.29) is 5.71 Å². The van der Waals surface area contributed by atoms with E-state index >= 15 is 0 Å². The molecule has 0 nitrogen and oxygen atoms in total. The highest BCUT2D eigenvalue weighted by Crippen LogP contribution is 2.45. The lowest BCUT2D eigenvalue weighted by Crippen LogP contribution is -2.25. The van der Waals surface area contributed by atoms with Crippen LogP contribution >= 0.6 is 0 Å². The van der Waals surface area contributed by atoms with E-state index in [0.29, 0.717) is 0 Å². The maximum absolute atomic E-state index is 2.44. The molecule has 0 spiro atoms. The van der Waals surface area contributed by atoms with Gasteiger partial charge in [0.15, 0.2) is 0 Å². The van der Waals surface area contributed by atoms with Crippen molar-refractivity contribution in [3.63, 3.8) is 0 Å². The predicted octanol–water partition coefficient (Wildman–Crippen LogP) is 13.3. The summed E-state index contributed by atoms with van der Waals surface area (Å²) in [5.41, 5.74) is 2.98. The summed E-state index contributed by atoms with van der Waals surface area (Å²) in [7, 11) is 0. The highest BCUT2D eigenvalue weighted by atomic mass is 14.4. The van der Waals surface area contributed by atoms with Gasteiger partial charge in [-0.2, -0.15) is 0 Å². The molecule has 0 N–H and O–H groups in total. The van der Waals surface area contributed by atoms with Gasteiger partial charge < -0.3 is 0 Å². The second-order valence-electron chi connectivity index (χ2n) is 14.7. The number of hydrogen-bond donors (Lipinski definition) is 0. The van der Waals surface area contributed by atoms with Crippen LogP contribution in [0.4, 0.5) is 0 Å². The molecule has 0 atom stereocenters. The number of rotatable bonds is 7. The van der Waals surface area contributed by atoms with Crippen molar-refractivity contribution in [2.45, 2.75) is 162 Å². The predicted molar refractivity (Wildman–Crippen MR) is 176 cm³/mol. The van der Waals surface area contributed by atoms with Crippen molar-refractivity contribution in [2.24, 2.45) is 41.4 Å². The maximum atomic E-state index is 2.44. The Hall–Kier alpha value is -0.780. The molecule has 0 bridgehead atoms. The zero-order valence-electron chi connectivity index (χ0n) is 26.1. The minimum Gasteiger partial charge on any atom is -0.0654 e. The molecule has 224 valence electrons. The van der Waals surface area contributed by atoms with Gasteiger partial charge in [0.2, 0.25) is 0 Å². The van der Waals surface area contributed by atoms with Gasteiger partial charge in [-0.05, 0) is 124 Å². The van der Waals surface area contributed by atoms with Crippen molar-refractivity contribution in [3.8, 4) is 0 Å². The monoisotopic (exact) mass is 529 g/mol. The average Bonchev–Trinajstić information content (AvgIpc) is 2.96. The van der Waals surface area contributed by atoms with Crippen LogP contribution in [0, 0.1) is 48.3 Å². The van der Waals surface area contributed by atoms with Crippen molar-refractivity contribution in [3.05, 3.63) is 35.4 Å². The van der Waals surface area contributed by atoms with Gasteiger partial charge in [0.05, 0.1) is 0 Å². The Balaban J connectivity index is 0.000000760. The Morgan fingerprint density at radius 1 is 0.526 bits per heavy atom. The molecule has 1 aromatic rings. The zero-order chi connectivity index (χ0) is 26.7. The van der Waals surface area contributed by atoms with E-state index in [1.54, 1.807) is 44.1 Å². The second kappa shape index (κ2) is 15.9. The van der Waals surface area contributed by atoms with Gasteiger partial charge >= 0.3 is 0 Å². The fourth-order valence-corrected chi connectivity index (χ4v) is 9.23. The molecule has 0 amide bonds. The van der Waals surface area contributed by atoms with E-state index in [1.165, 1.54) is 95.5 Å². The first-order chi connectivity index (χ1) is 18.6. The summed E-state index contributed by atoms with van der Waals surface area (Å²) < 4.78 is 0. The molecule has 0 heteroatoms. The smallest absolute Gasteiger partial charge is 0 e. The van der Waals surface area contributed by atoms with Gasteiger partial charge in [0, 0.05) is 5.71 Å². The van der Waals surface area contributed by atoms with Gasteiger partial charge in [-0.1, -0.05) is 115 Å². The number of benzene rings is 1. The van der Waals surface area contributed by atoms with Crippen LogP contribution in [-0.2, 0) is 0 Å². The van der Waals surface area contributed by atoms with E-state index in [4.69, 9.17) is 0 Å². The minimum atomic E-state index is 0. The third-order valence-corrected chi connectivity index (χ3v) is 11.9. The molecular formula is C38H72. The lowest BCUT2D eigenvalue weighted by molar-refractivity contribution is 0.147. The van der Waals surface area contributed by atoms with Crippen LogP contribution in [0.3, 0.4) is 0 Å². The third-order valence-electron chi connectivity index (χ3n) is 11.9. The van der Waals surface area contributed by atoms with Crippen molar-refractivity contribution in [1.29, 1.82) is 0 Å². The topological polar surface area (TPSA) is 0 Å². The van der Waals surface area contributed by atoms with Gasteiger partial charge in [-0.3, -0.25) is 0 Å². The van der Waals surface area contributed by atoms with E-state index in [0.717, 1.165) is 47.3 Å². The molecule has 1 aromatic carbocycles. The Morgan fingerprint density at radius 3 is 1.29 bits per heavy atom. The SMILES string of the molecule is CCCC1CCC(C2CCC(C)CC2)CC1.CCCC1CCC(C2CCC(c3ccc(C)cc3)CC2)CC1.[HH].[HH].[HH].[HH]. The molecule has 5 rings (SSSR count). The van der Waals surface area contributed by atoms with Crippen molar-refractivity contribution < 1.29 is 5.71 Å². The molecule has 0 radical (unpaired) electrons. The second-order valence-corrected chi connectivity index (χ2v) is 14.7. The standard InChI is InChI=1S/C22H34.C16H30.4H2/c1-3-4-18-7-11-20(12-8-18)22-15-13-21(14-16-22)19-9-5-17(2)6-10-19;1-3-4-14-7-11-16(12-8-14)15-9-5-13(2)6-10-15;;;;/h5-6,9-10,18,20-22H,3-4,7-8,11-16H2,1-2H3;13-16H,3-12H2,1-2H3;4*1H. The maximum Gasteiger partial charge on any atom is 0 e. The lowest BCUT2D eigenvalue weighted by Gasteiger charge is -2.38. The summed E-state index contributed by atoms with van der Waals surface area (Å²) in [6.07, 6.45) is 30.0. The van der Waals surface area contributed by atoms with Crippen LogP contribution in [0.25, 0.3) is 0 Å². The summed E-state index contributed by atoms with van der Waals surface area (Å²) in [5, 5.41) is 0. The van der Waals surface area contributed by atoms with Crippen LogP contribution in [0.1, 0.15) is 172 Å². The highest BCUT2D eigenvalue weighted by Gasteiger charge is 2.31. The van der Waals surface area contributed by atoms with Crippen molar-refractivity contribution >= 4 is 0 Å². The number of hydrogen-bond acceptors (Lipinski definition) is 0. The number of aryl methyl sites for hydroxylation is 1. The van der Waals surface area contributed by atoms with Crippen LogP contribution < -0.4 is 0 Å². The molecule has 0 aromatic heterocycles. The van der Waals surface area contributed by atoms with Gasteiger partial charge in [-0.25, -0.2) is 0 Å². The molecule has 0 unspecified atom stereocenters. The molecule has 38 heavy (non-hydrogen) atoms. The van der Waals surface area contributed by atoms with E-state index < -0.39 is 0 Å². The summed E-state index contributed by atoms with van der Waals surface area (Å²) in [6, 6.07) is 9.32. The Morgan fingerprint density at radius 2 is 0.895 bits per heavy atom. The van der Waals surface area contributed by atoms with Crippen molar-refractivity contribution in [1.82, 2.24) is 0 Å². The first-order valence-corrected chi connectivity index (χ1v) is 17.6. The first-order valence-electron chi connectivity index (χ1n) is 17.6. The lowest BCUT2D eigenvalue weighted by atomic mass is 9.68. The molecule has 4 aliphatic rings. The summed E-state index contributed by atoms with van der Waals surface area (Å²) in [4.78, 5) is 0. The Labute approximate surface area is 244 Å². The Bertz CT molecular complexity index is 748. The third kappa shape index (κ3) is 9.13. The van der Waals surface area contributed by atoms with Gasteiger partial charge in [0.1, 0.15) is 0 Å². The molecule has 4 saturated carbocycles. The van der Waals surface area contributed by atoms with Crippen LogP contribution in [0.2, 0.25) is 0 Å². The van der Waals surface area contributed by atoms with Gasteiger partial charge in [-0.15, -0.1) is 0 Å². The fraction of sp³-hybridized carbons (Fsp3) is 0.842. The largest absolute Gasteiger partial charge is 0.0654 e. The minimum absolute atomic E-state index is 0. The highest BCUT2D eigenvalue weighted by molar-refractivity contribution is 5.24. The summed E-state index contributed by atoms with van der Waals surface area (Å²) in [6.45, 7) is 9.32. The summed E-state index contributed by atoms with van der Waals surface area (Å²) >= 11 is 0. The molecule has 0 saturated heterocycles. The molecule has 0 aliphatic heterocycles. The fourth-order valence-electron chi connectivity index (χ4n) is 9.23. The van der Waals surface area contributed by atoms with Crippen LogP contribution in [0.5, 0.6) is 0 Å². The molecule has 4 fully saturated rings. The first kappa shape index (κ1) is 30.2. The molecular weight excluding hydrogens is 456 g/mol. The Kier molecular flexibility index (Phi) is 12.6. The normalized spacial score (nSPS) is 36.2. The quantitative estimate of drug-likeness (QED) is 0.330. The van der Waals surface area contributed by atoms with Crippen LogP contribution in [-0.4, -0.2) is 0 Å². The average molecular weight is 529 g/mol. The van der Waals surface area contributed by atoms with Gasteiger partial charge in [0.25, 0.3) is 0 Å². The van der Waals surface area contributed by atoms with E-state index in [2.05, 4.69) is 52.0 Å². The van der Waals surface area contributed by atoms with Crippen molar-refractivity contribution in [2.75, 3.05) is 0 Å². The summed E-state index contributed by atoms with van der Waals surface area (Å²) in [5.74, 6) is 8.34. The zero-order valence-corrected chi connectivity index (χ0v) is 26.1.